The highest BCUT2D eigenvalue weighted by atomic mass is 16.6. The van der Waals surface area contributed by atoms with Crippen LogP contribution in [0.25, 0.3) is 11.4 Å². The highest BCUT2D eigenvalue weighted by Gasteiger charge is 2.12. The molecule has 2 heterocycles. The number of rotatable bonds is 6. The molecule has 0 saturated heterocycles. The van der Waals surface area contributed by atoms with E-state index >= 15 is 0 Å². The molecule has 0 atom stereocenters. The summed E-state index contributed by atoms with van der Waals surface area (Å²) < 4.78 is 10.0. The van der Waals surface area contributed by atoms with Crippen LogP contribution in [0, 0.1) is 0 Å². The van der Waals surface area contributed by atoms with Crippen LogP contribution in [0.3, 0.4) is 0 Å². The van der Waals surface area contributed by atoms with Crippen LogP contribution < -0.4 is 5.32 Å². The molecule has 0 radical (unpaired) electrons. The van der Waals surface area contributed by atoms with E-state index in [2.05, 4.69) is 20.4 Å². The summed E-state index contributed by atoms with van der Waals surface area (Å²) in [6.07, 6.45) is 3.23. The molecule has 0 unspecified atom stereocenters. The second kappa shape index (κ2) is 7.82. The maximum absolute atomic E-state index is 11.8. The summed E-state index contributed by atoms with van der Waals surface area (Å²) in [7, 11) is 0. The largest absolute Gasteiger partial charge is 0.454 e. The number of nitrogens with one attached hydrogen (secondary N) is 1. The second-order valence-electron chi connectivity index (χ2n) is 4.96. The van der Waals surface area contributed by atoms with Gasteiger partial charge in [0.05, 0.1) is 0 Å². The van der Waals surface area contributed by atoms with E-state index < -0.39 is 5.97 Å². The van der Waals surface area contributed by atoms with Crippen LogP contribution >= 0.6 is 0 Å². The molecule has 126 valence electrons. The first-order valence-corrected chi connectivity index (χ1v) is 7.44. The lowest BCUT2D eigenvalue weighted by atomic mass is 10.2. The SMILES string of the molecule is O=C(CNC(=O)c1ccccc1)OCc1nc(-c2cccnc2)no1. The zero-order valence-electron chi connectivity index (χ0n) is 13.1. The van der Waals surface area contributed by atoms with Gasteiger partial charge in [-0.05, 0) is 24.3 Å². The van der Waals surface area contributed by atoms with Gasteiger partial charge >= 0.3 is 5.97 Å². The number of aromatic nitrogens is 3. The van der Waals surface area contributed by atoms with Crippen LogP contribution in [0.5, 0.6) is 0 Å². The van der Waals surface area contributed by atoms with Gasteiger partial charge in [-0.1, -0.05) is 23.4 Å². The van der Waals surface area contributed by atoms with Gasteiger partial charge < -0.3 is 14.6 Å². The predicted octanol–water partition coefficient (Wildman–Crippen LogP) is 1.60. The third-order valence-electron chi connectivity index (χ3n) is 3.17. The van der Waals surface area contributed by atoms with Crippen LogP contribution in [0.15, 0.2) is 59.4 Å². The maximum atomic E-state index is 11.8. The first-order valence-electron chi connectivity index (χ1n) is 7.44. The number of ether oxygens (including phenoxy) is 1. The van der Waals surface area contributed by atoms with Crippen molar-refractivity contribution in [2.75, 3.05) is 6.54 Å². The van der Waals surface area contributed by atoms with E-state index in [4.69, 9.17) is 9.26 Å². The Hall–Kier alpha value is -3.55. The average Bonchev–Trinajstić information content (AvgIpc) is 3.15. The first kappa shape index (κ1) is 16.3. The summed E-state index contributed by atoms with van der Waals surface area (Å²) >= 11 is 0. The van der Waals surface area contributed by atoms with Gasteiger partial charge in [0.25, 0.3) is 11.8 Å². The Labute approximate surface area is 142 Å². The molecule has 8 heteroatoms. The summed E-state index contributed by atoms with van der Waals surface area (Å²) in [5.41, 5.74) is 1.16. The number of nitrogens with zero attached hydrogens (tertiary/aromatic N) is 3. The van der Waals surface area contributed by atoms with Crippen LogP contribution in [0.2, 0.25) is 0 Å². The van der Waals surface area contributed by atoms with Gasteiger partial charge in [-0.25, -0.2) is 0 Å². The van der Waals surface area contributed by atoms with Crippen molar-refractivity contribution in [2.45, 2.75) is 6.61 Å². The van der Waals surface area contributed by atoms with E-state index in [1.807, 2.05) is 0 Å². The fourth-order valence-corrected chi connectivity index (χ4v) is 1.96. The van der Waals surface area contributed by atoms with Crippen LogP contribution in [0.1, 0.15) is 16.2 Å². The van der Waals surface area contributed by atoms with Crippen molar-refractivity contribution in [3.05, 3.63) is 66.3 Å². The summed E-state index contributed by atoms with van der Waals surface area (Å²) in [6.45, 7) is -0.426. The lowest BCUT2D eigenvalue weighted by Gasteiger charge is -2.04. The summed E-state index contributed by atoms with van der Waals surface area (Å²) in [6, 6.07) is 12.1. The number of carbonyl (C=O) groups excluding carboxylic acids is 2. The molecule has 0 bridgehead atoms. The lowest BCUT2D eigenvalue weighted by Crippen LogP contribution is -2.30. The van der Waals surface area contributed by atoms with Crippen molar-refractivity contribution >= 4 is 11.9 Å². The number of hydrogen-bond acceptors (Lipinski definition) is 7. The molecule has 3 aromatic rings. The smallest absolute Gasteiger partial charge is 0.325 e. The van der Waals surface area contributed by atoms with Crippen LogP contribution in [-0.2, 0) is 16.1 Å². The molecule has 0 aliphatic rings. The molecular formula is C17H14N4O4. The summed E-state index contributed by atoms with van der Waals surface area (Å²) in [5.74, 6) is -0.447. The van der Waals surface area contributed by atoms with E-state index in [1.54, 1.807) is 54.9 Å². The van der Waals surface area contributed by atoms with Crippen molar-refractivity contribution in [3.8, 4) is 11.4 Å². The Kier molecular flexibility index (Phi) is 5.10. The van der Waals surface area contributed by atoms with Crippen molar-refractivity contribution in [1.29, 1.82) is 0 Å². The van der Waals surface area contributed by atoms with E-state index in [0.717, 1.165) is 0 Å². The Morgan fingerprint density at radius 2 is 1.96 bits per heavy atom. The zero-order valence-corrected chi connectivity index (χ0v) is 13.1. The van der Waals surface area contributed by atoms with Gasteiger partial charge in [-0.2, -0.15) is 4.98 Å². The molecule has 0 aliphatic carbocycles. The van der Waals surface area contributed by atoms with E-state index in [-0.39, 0.29) is 24.9 Å². The quantitative estimate of drug-likeness (QED) is 0.680. The molecule has 3 rings (SSSR count). The van der Waals surface area contributed by atoms with Crippen molar-refractivity contribution < 1.29 is 18.8 Å². The number of carbonyl (C=O) groups is 2. The molecule has 0 fully saturated rings. The molecule has 0 saturated carbocycles. The van der Waals surface area contributed by atoms with Gasteiger partial charge in [-0.15, -0.1) is 0 Å². The minimum Gasteiger partial charge on any atom is -0.454 e. The van der Waals surface area contributed by atoms with Crippen LogP contribution in [-0.4, -0.2) is 33.5 Å². The fraction of sp³-hybridized carbons (Fsp3) is 0.118. The minimum atomic E-state index is -0.606. The standard InChI is InChI=1S/C17H14N4O4/c22-15(10-19-17(23)12-5-2-1-3-6-12)24-11-14-20-16(21-25-14)13-7-4-8-18-9-13/h1-9H,10-11H2,(H,19,23). The Bertz CT molecular complexity index is 849. The van der Waals surface area contributed by atoms with Gasteiger partial charge in [-0.3, -0.25) is 14.6 Å². The molecule has 2 aromatic heterocycles. The lowest BCUT2D eigenvalue weighted by molar-refractivity contribution is -0.144. The number of amides is 1. The van der Waals surface area contributed by atoms with Crippen molar-refractivity contribution in [2.24, 2.45) is 0 Å². The second-order valence-corrected chi connectivity index (χ2v) is 4.96. The molecule has 0 spiro atoms. The summed E-state index contributed by atoms with van der Waals surface area (Å²) in [4.78, 5) is 31.6. The Morgan fingerprint density at radius 3 is 2.72 bits per heavy atom. The fourth-order valence-electron chi connectivity index (χ4n) is 1.96. The van der Waals surface area contributed by atoms with Crippen molar-refractivity contribution in [3.63, 3.8) is 0 Å². The van der Waals surface area contributed by atoms with Gasteiger partial charge in [0.2, 0.25) is 5.82 Å². The zero-order chi connectivity index (χ0) is 17.5. The normalized spacial score (nSPS) is 10.2. The third kappa shape index (κ3) is 4.47. The minimum absolute atomic E-state index is 0.154. The maximum Gasteiger partial charge on any atom is 0.325 e. The topological polar surface area (TPSA) is 107 Å². The summed E-state index contributed by atoms with van der Waals surface area (Å²) in [5, 5.41) is 6.27. The highest BCUT2D eigenvalue weighted by Crippen LogP contribution is 2.13. The number of benzene rings is 1. The molecule has 8 nitrogen and oxygen atoms in total. The molecule has 1 amide bonds. The van der Waals surface area contributed by atoms with Crippen molar-refractivity contribution in [1.82, 2.24) is 20.4 Å². The van der Waals surface area contributed by atoms with Crippen LogP contribution in [0.4, 0.5) is 0 Å². The highest BCUT2D eigenvalue weighted by molar-refractivity contribution is 5.95. The van der Waals surface area contributed by atoms with Gasteiger partial charge in [0.1, 0.15) is 6.54 Å². The molecule has 0 aliphatic heterocycles. The number of hydrogen-bond donors (Lipinski definition) is 1. The molecule has 1 N–H and O–H groups in total. The number of pyridine rings is 1. The molecule has 25 heavy (non-hydrogen) atoms. The Balaban J connectivity index is 1.47. The predicted molar refractivity (Wildman–Crippen MR) is 86.1 cm³/mol. The molecule has 1 aromatic carbocycles. The van der Waals surface area contributed by atoms with Gasteiger partial charge in [0.15, 0.2) is 6.61 Å². The average molecular weight is 338 g/mol. The van der Waals surface area contributed by atoms with E-state index in [1.165, 1.54) is 0 Å². The van der Waals surface area contributed by atoms with E-state index in [9.17, 15) is 9.59 Å². The van der Waals surface area contributed by atoms with E-state index in [0.29, 0.717) is 17.0 Å². The Morgan fingerprint density at radius 1 is 1.12 bits per heavy atom. The third-order valence-corrected chi connectivity index (χ3v) is 3.17. The monoisotopic (exact) mass is 338 g/mol. The van der Waals surface area contributed by atoms with Gasteiger partial charge in [0, 0.05) is 23.5 Å². The first-order chi connectivity index (χ1) is 12.2. The number of esters is 1. The molecular weight excluding hydrogens is 324 g/mol.